The van der Waals surface area contributed by atoms with Gasteiger partial charge in [-0.3, -0.25) is 14.6 Å². The van der Waals surface area contributed by atoms with Gasteiger partial charge in [0.15, 0.2) is 0 Å². The van der Waals surface area contributed by atoms with Crippen LogP contribution < -0.4 is 0 Å². The molecule has 0 N–H and O–H groups in total. The molecular formula is C16H23N3O2S. The highest BCUT2D eigenvalue weighted by Crippen LogP contribution is 2.09. The first-order valence-corrected chi connectivity index (χ1v) is 9.03. The molecule has 1 fully saturated rings. The third-order valence-corrected chi connectivity index (χ3v) is 4.36. The van der Waals surface area contributed by atoms with E-state index in [2.05, 4.69) is 4.98 Å². The lowest BCUT2D eigenvalue weighted by Gasteiger charge is -2.22. The van der Waals surface area contributed by atoms with Gasteiger partial charge in [0.25, 0.3) is 0 Å². The summed E-state index contributed by atoms with van der Waals surface area (Å²) in [6, 6.07) is 3.88. The molecular weight excluding hydrogens is 298 g/mol. The second-order valence-corrected chi connectivity index (χ2v) is 6.28. The predicted molar refractivity (Wildman–Crippen MR) is 88.7 cm³/mol. The van der Waals surface area contributed by atoms with Crippen molar-refractivity contribution >= 4 is 23.6 Å². The Balaban J connectivity index is 1.80. The molecule has 1 aromatic rings. The van der Waals surface area contributed by atoms with Gasteiger partial charge >= 0.3 is 0 Å². The second-order valence-electron chi connectivity index (χ2n) is 5.41. The topological polar surface area (TPSA) is 53.5 Å². The van der Waals surface area contributed by atoms with Crippen molar-refractivity contribution in [2.24, 2.45) is 0 Å². The van der Waals surface area contributed by atoms with E-state index in [0.29, 0.717) is 25.3 Å². The number of carbonyl (C=O) groups is 2. The highest BCUT2D eigenvalue weighted by atomic mass is 32.2. The second kappa shape index (κ2) is 8.78. The van der Waals surface area contributed by atoms with Crippen molar-refractivity contribution in [3.05, 3.63) is 30.1 Å². The number of thioether (sulfide) groups is 1. The van der Waals surface area contributed by atoms with E-state index in [0.717, 1.165) is 31.5 Å². The molecule has 2 amide bonds. The lowest BCUT2D eigenvalue weighted by molar-refractivity contribution is -0.132. The fourth-order valence-corrected chi connectivity index (χ4v) is 3.02. The smallest absolute Gasteiger partial charge is 0.232 e. The first-order valence-electron chi connectivity index (χ1n) is 7.64. The molecule has 1 aromatic heterocycles. The Morgan fingerprint density at radius 2 is 1.91 bits per heavy atom. The van der Waals surface area contributed by atoms with Crippen molar-refractivity contribution in [3.8, 4) is 0 Å². The van der Waals surface area contributed by atoms with Gasteiger partial charge in [-0.25, -0.2) is 0 Å². The number of aromatic nitrogens is 1. The van der Waals surface area contributed by atoms with Gasteiger partial charge in [-0.05, 0) is 30.7 Å². The molecule has 120 valence electrons. The fourth-order valence-electron chi connectivity index (χ4n) is 2.59. The molecule has 0 atom stereocenters. The number of rotatable bonds is 5. The standard InChI is InChI=1S/C16H23N3O2S/c1-22-13-16(21)19-9-3-8-18(10-11-19)15(20)6-5-14-4-2-7-17-12-14/h2,4,7,12H,3,5-6,8-11,13H2,1H3. The van der Waals surface area contributed by atoms with Crippen molar-refractivity contribution in [1.29, 1.82) is 0 Å². The number of hydrogen-bond acceptors (Lipinski definition) is 4. The zero-order chi connectivity index (χ0) is 15.8. The maximum atomic E-state index is 12.3. The monoisotopic (exact) mass is 321 g/mol. The summed E-state index contributed by atoms with van der Waals surface area (Å²) >= 11 is 1.55. The average molecular weight is 321 g/mol. The molecule has 0 aromatic carbocycles. The minimum atomic E-state index is 0.169. The first-order chi connectivity index (χ1) is 10.7. The Hall–Kier alpha value is -1.56. The minimum Gasteiger partial charge on any atom is -0.341 e. The Morgan fingerprint density at radius 1 is 1.18 bits per heavy atom. The van der Waals surface area contributed by atoms with E-state index in [-0.39, 0.29) is 11.8 Å². The van der Waals surface area contributed by atoms with Crippen LogP contribution in [0.15, 0.2) is 24.5 Å². The number of hydrogen-bond donors (Lipinski definition) is 0. The summed E-state index contributed by atoms with van der Waals surface area (Å²) < 4.78 is 0. The third-order valence-electron chi connectivity index (χ3n) is 3.82. The van der Waals surface area contributed by atoms with E-state index < -0.39 is 0 Å². The number of pyridine rings is 1. The van der Waals surface area contributed by atoms with Crippen molar-refractivity contribution in [2.45, 2.75) is 19.3 Å². The molecule has 22 heavy (non-hydrogen) atoms. The number of carbonyl (C=O) groups excluding carboxylic acids is 2. The fraction of sp³-hybridized carbons (Fsp3) is 0.562. The van der Waals surface area contributed by atoms with Crippen molar-refractivity contribution in [3.63, 3.8) is 0 Å². The van der Waals surface area contributed by atoms with Gasteiger partial charge in [-0.15, -0.1) is 0 Å². The van der Waals surface area contributed by atoms with Crippen LogP contribution in [-0.4, -0.2) is 64.8 Å². The molecule has 0 bridgehead atoms. The van der Waals surface area contributed by atoms with Crippen LogP contribution in [0.3, 0.4) is 0 Å². The van der Waals surface area contributed by atoms with Crippen molar-refractivity contribution in [1.82, 2.24) is 14.8 Å². The largest absolute Gasteiger partial charge is 0.341 e. The van der Waals surface area contributed by atoms with Crippen LogP contribution in [0.4, 0.5) is 0 Å². The molecule has 0 saturated carbocycles. The van der Waals surface area contributed by atoms with Gasteiger partial charge in [0, 0.05) is 45.0 Å². The van der Waals surface area contributed by atoms with Gasteiger partial charge < -0.3 is 9.80 Å². The quantitative estimate of drug-likeness (QED) is 0.823. The molecule has 2 rings (SSSR count). The molecule has 0 unspecified atom stereocenters. The number of nitrogens with zero attached hydrogens (tertiary/aromatic N) is 3. The van der Waals surface area contributed by atoms with Crippen LogP contribution in [-0.2, 0) is 16.0 Å². The first kappa shape index (κ1) is 16.8. The zero-order valence-electron chi connectivity index (χ0n) is 13.0. The summed E-state index contributed by atoms with van der Waals surface area (Å²) in [5.74, 6) is 0.870. The summed E-state index contributed by atoms with van der Waals surface area (Å²) in [5.41, 5.74) is 1.09. The van der Waals surface area contributed by atoms with Crippen LogP contribution in [0.25, 0.3) is 0 Å². The number of aryl methyl sites for hydroxylation is 1. The van der Waals surface area contributed by atoms with Gasteiger partial charge in [0.2, 0.25) is 11.8 Å². The van der Waals surface area contributed by atoms with E-state index in [1.54, 1.807) is 24.2 Å². The van der Waals surface area contributed by atoms with E-state index in [1.807, 2.05) is 28.2 Å². The Kier molecular flexibility index (Phi) is 6.71. The molecule has 0 spiro atoms. The molecule has 6 heteroatoms. The summed E-state index contributed by atoms with van der Waals surface area (Å²) in [5, 5.41) is 0. The van der Waals surface area contributed by atoms with Gasteiger partial charge in [-0.1, -0.05) is 6.07 Å². The predicted octanol–water partition coefficient (Wildman–Crippen LogP) is 1.44. The maximum absolute atomic E-state index is 12.3. The van der Waals surface area contributed by atoms with Crippen LogP contribution in [0.5, 0.6) is 0 Å². The van der Waals surface area contributed by atoms with Gasteiger partial charge in [0.05, 0.1) is 5.75 Å². The van der Waals surface area contributed by atoms with E-state index in [1.165, 1.54) is 0 Å². The van der Waals surface area contributed by atoms with Crippen molar-refractivity contribution < 1.29 is 9.59 Å². The minimum absolute atomic E-state index is 0.169. The highest BCUT2D eigenvalue weighted by molar-refractivity contribution is 7.99. The lowest BCUT2D eigenvalue weighted by Crippen LogP contribution is -2.38. The molecule has 0 aliphatic carbocycles. The Morgan fingerprint density at radius 3 is 2.55 bits per heavy atom. The maximum Gasteiger partial charge on any atom is 0.232 e. The van der Waals surface area contributed by atoms with Crippen LogP contribution in [0.2, 0.25) is 0 Å². The summed E-state index contributed by atoms with van der Waals surface area (Å²) in [4.78, 5) is 32.1. The van der Waals surface area contributed by atoms with E-state index in [4.69, 9.17) is 0 Å². The SMILES string of the molecule is CSCC(=O)N1CCCN(C(=O)CCc2cccnc2)CC1. The molecule has 2 heterocycles. The summed E-state index contributed by atoms with van der Waals surface area (Å²) in [7, 11) is 0. The van der Waals surface area contributed by atoms with Gasteiger partial charge in [0.1, 0.15) is 0 Å². The van der Waals surface area contributed by atoms with E-state index in [9.17, 15) is 9.59 Å². The average Bonchev–Trinajstić information content (AvgIpc) is 2.80. The highest BCUT2D eigenvalue weighted by Gasteiger charge is 2.21. The molecule has 0 radical (unpaired) electrons. The van der Waals surface area contributed by atoms with Crippen LogP contribution in [0, 0.1) is 0 Å². The summed E-state index contributed by atoms with van der Waals surface area (Å²) in [6.45, 7) is 2.80. The summed E-state index contributed by atoms with van der Waals surface area (Å²) in [6.07, 6.45) is 7.56. The normalized spacial score (nSPS) is 15.5. The Bertz CT molecular complexity index is 495. The zero-order valence-corrected chi connectivity index (χ0v) is 13.8. The molecule has 1 aliphatic heterocycles. The molecule has 1 saturated heterocycles. The third kappa shape index (κ3) is 5.02. The number of amides is 2. The van der Waals surface area contributed by atoms with E-state index >= 15 is 0 Å². The Labute approximate surface area is 136 Å². The van der Waals surface area contributed by atoms with Crippen LogP contribution >= 0.6 is 11.8 Å². The van der Waals surface area contributed by atoms with Crippen molar-refractivity contribution in [2.75, 3.05) is 38.2 Å². The molecule has 5 nitrogen and oxygen atoms in total. The lowest BCUT2D eigenvalue weighted by atomic mass is 10.1. The molecule has 1 aliphatic rings. The van der Waals surface area contributed by atoms with Gasteiger partial charge in [-0.2, -0.15) is 11.8 Å². The van der Waals surface area contributed by atoms with Crippen LogP contribution in [0.1, 0.15) is 18.4 Å².